The predicted molar refractivity (Wildman–Crippen MR) is 117 cm³/mol. The molecule has 34 heavy (non-hydrogen) atoms. The Morgan fingerprint density at radius 3 is 2.56 bits per heavy atom. The maximum absolute atomic E-state index is 15.3. The third-order valence-corrected chi connectivity index (χ3v) is 5.66. The third-order valence-electron chi connectivity index (χ3n) is 5.66. The van der Waals surface area contributed by atoms with Gasteiger partial charge < -0.3 is 14.2 Å². The normalized spacial score (nSPS) is 14.8. The molecule has 0 atom stereocenters. The summed E-state index contributed by atoms with van der Waals surface area (Å²) in [7, 11) is 2.05. The standard InChI is InChI=1S/C22H21F3N8O/c1-31-7-9-32(10-8-31)18-4-2-3-16(19(18)23)17-13-33(30-27-17)12-15-6-5-14(11-26-15)21-28-29-22(34-21)20(24)25/h2-6,11,13,20H,7-10,12H2,1H3. The molecule has 3 aromatic heterocycles. The van der Waals surface area contributed by atoms with Gasteiger partial charge in [-0.2, -0.15) is 8.78 Å². The average Bonchev–Trinajstić information content (AvgIpc) is 3.51. The Balaban J connectivity index is 1.30. The van der Waals surface area contributed by atoms with E-state index in [1.165, 1.54) is 6.20 Å². The Morgan fingerprint density at radius 2 is 1.85 bits per heavy atom. The lowest BCUT2D eigenvalue weighted by atomic mass is 10.1. The van der Waals surface area contributed by atoms with Crippen LogP contribution in [0.5, 0.6) is 0 Å². The molecule has 0 spiro atoms. The fraction of sp³-hybridized carbons (Fsp3) is 0.318. The summed E-state index contributed by atoms with van der Waals surface area (Å²) in [6.07, 6.45) is 0.283. The van der Waals surface area contributed by atoms with E-state index in [1.54, 1.807) is 35.1 Å². The summed E-state index contributed by atoms with van der Waals surface area (Å²) in [5, 5.41) is 15.2. The molecule has 176 valence electrons. The number of nitrogens with zero attached hydrogens (tertiary/aromatic N) is 8. The van der Waals surface area contributed by atoms with Crippen LogP contribution in [0.2, 0.25) is 0 Å². The molecule has 12 heteroatoms. The SMILES string of the molecule is CN1CCN(c2cccc(-c3cn(Cc4ccc(-c5nnc(C(F)F)o5)cn4)nn3)c2F)CC1. The maximum atomic E-state index is 15.3. The summed E-state index contributed by atoms with van der Waals surface area (Å²) in [6.45, 7) is 3.58. The van der Waals surface area contributed by atoms with Crippen molar-refractivity contribution in [1.29, 1.82) is 0 Å². The molecule has 0 unspecified atom stereocenters. The van der Waals surface area contributed by atoms with Gasteiger partial charge in [0.25, 0.3) is 5.89 Å². The summed E-state index contributed by atoms with van der Waals surface area (Å²) in [6, 6.07) is 8.63. The van der Waals surface area contributed by atoms with Gasteiger partial charge in [0.05, 0.1) is 29.7 Å². The number of piperazine rings is 1. The summed E-state index contributed by atoms with van der Waals surface area (Å²) >= 11 is 0. The summed E-state index contributed by atoms with van der Waals surface area (Å²) in [5.74, 6) is -1.09. The van der Waals surface area contributed by atoms with Crippen LogP contribution in [0, 0.1) is 5.82 Å². The first-order valence-electron chi connectivity index (χ1n) is 10.7. The minimum Gasteiger partial charge on any atom is -0.415 e. The first kappa shape index (κ1) is 22.0. The minimum atomic E-state index is -2.83. The summed E-state index contributed by atoms with van der Waals surface area (Å²) < 4.78 is 47.1. The van der Waals surface area contributed by atoms with Crippen molar-refractivity contribution in [3.63, 3.8) is 0 Å². The summed E-state index contributed by atoms with van der Waals surface area (Å²) in [5.41, 5.74) is 2.44. The topological polar surface area (TPSA) is 89.0 Å². The molecule has 1 saturated heterocycles. The van der Waals surface area contributed by atoms with E-state index < -0.39 is 12.3 Å². The lowest BCUT2D eigenvalue weighted by Gasteiger charge is -2.34. The van der Waals surface area contributed by atoms with Gasteiger partial charge in [0.15, 0.2) is 5.82 Å². The van der Waals surface area contributed by atoms with E-state index in [0.29, 0.717) is 34.7 Å². The van der Waals surface area contributed by atoms with Crippen LogP contribution in [0.25, 0.3) is 22.7 Å². The number of alkyl halides is 2. The molecule has 1 fully saturated rings. The Hall–Kier alpha value is -3.80. The molecule has 9 nitrogen and oxygen atoms in total. The maximum Gasteiger partial charge on any atom is 0.314 e. The second-order valence-corrected chi connectivity index (χ2v) is 8.01. The molecule has 0 amide bonds. The second kappa shape index (κ2) is 9.21. The first-order valence-corrected chi connectivity index (χ1v) is 10.7. The van der Waals surface area contributed by atoms with Crippen molar-refractivity contribution in [3.8, 4) is 22.7 Å². The largest absolute Gasteiger partial charge is 0.415 e. The van der Waals surface area contributed by atoms with E-state index in [-0.39, 0.29) is 11.7 Å². The number of anilines is 1. The lowest BCUT2D eigenvalue weighted by Crippen LogP contribution is -2.44. The molecule has 1 aromatic carbocycles. The van der Waals surface area contributed by atoms with Crippen LogP contribution in [0.3, 0.4) is 0 Å². The van der Waals surface area contributed by atoms with Crippen LogP contribution in [-0.2, 0) is 6.54 Å². The van der Waals surface area contributed by atoms with Gasteiger partial charge in [-0.1, -0.05) is 11.3 Å². The van der Waals surface area contributed by atoms with Gasteiger partial charge >= 0.3 is 6.43 Å². The van der Waals surface area contributed by atoms with E-state index in [2.05, 4.69) is 37.4 Å². The average molecular weight is 470 g/mol. The van der Waals surface area contributed by atoms with Crippen molar-refractivity contribution in [2.45, 2.75) is 13.0 Å². The lowest BCUT2D eigenvalue weighted by molar-refractivity contribution is 0.116. The van der Waals surface area contributed by atoms with Gasteiger partial charge in [-0.3, -0.25) is 4.98 Å². The Kier molecular flexibility index (Phi) is 5.97. The Labute approximate surface area is 192 Å². The van der Waals surface area contributed by atoms with Crippen LogP contribution >= 0.6 is 0 Å². The van der Waals surface area contributed by atoms with Crippen molar-refractivity contribution in [1.82, 2.24) is 35.1 Å². The Bertz CT molecular complexity index is 1270. The highest BCUT2D eigenvalue weighted by Crippen LogP contribution is 2.29. The zero-order valence-corrected chi connectivity index (χ0v) is 18.3. The number of hydrogen-bond donors (Lipinski definition) is 0. The molecule has 0 aliphatic carbocycles. The molecule has 0 saturated carbocycles. The smallest absolute Gasteiger partial charge is 0.314 e. The first-order chi connectivity index (χ1) is 16.5. The molecule has 1 aliphatic heterocycles. The van der Waals surface area contributed by atoms with Crippen molar-refractivity contribution in [3.05, 3.63) is 60.1 Å². The molecule has 0 radical (unpaired) electrons. The monoisotopic (exact) mass is 470 g/mol. The van der Waals surface area contributed by atoms with E-state index in [0.717, 1.165) is 26.2 Å². The van der Waals surface area contributed by atoms with Crippen molar-refractivity contribution < 1.29 is 17.6 Å². The fourth-order valence-electron chi connectivity index (χ4n) is 3.76. The highest BCUT2D eigenvalue weighted by molar-refractivity contribution is 5.66. The zero-order valence-electron chi connectivity index (χ0n) is 18.3. The number of rotatable bonds is 6. The Morgan fingerprint density at radius 1 is 1.03 bits per heavy atom. The van der Waals surface area contributed by atoms with E-state index in [9.17, 15) is 8.78 Å². The van der Waals surface area contributed by atoms with Gasteiger partial charge in [0, 0.05) is 37.9 Å². The molecule has 4 aromatic rings. The van der Waals surface area contributed by atoms with Crippen LogP contribution < -0.4 is 4.90 Å². The minimum absolute atomic E-state index is 0.0342. The zero-order chi connectivity index (χ0) is 23.7. The highest BCUT2D eigenvalue weighted by atomic mass is 19.3. The molecular weight excluding hydrogens is 449 g/mol. The highest BCUT2D eigenvalue weighted by Gasteiger charge is 2.21. The molecule has 5 rings (SSSR count). The van der Waals surface area contributed by atoms with E-state index in [4.69, 9.17) is 4.42 Å². The van der Waals surface area contributed by atoms with Gasteiger partial charge in [-0.15, -0.1) is 15.3 Å². The van der Waals surface area contributed by atoms with Crippen molar-refractivity contribution in [2.75, 3.05) is 38.1 Å². The molecule has 0 N–H and O–H groups in total. The van der Waals surface area contributed by atoms with Gasteiger partial charge in [0.2, 0.25) is 5.89 Å². The molecule has 1 aliphatic rings. The number of halogens is 3. The van der Waals surface area contributed by atoms with Crippen LogP contribution in [-0.4, -0.2) is 68.3 Å². The third kappa shape index (κ3) is 4.49. The molecular formula is C22H21F3N8O. The van der Waals surface area contributed by atoms with Crippen molar-refractivity contribution >= 4 is 5.69 Å². The number of likely N-dealkylation sites (N-methyl/N-ethyl adjacent to an activating group) is 1. The summed E-state index contributed by atoms with van der Waals surface area (Å²) in [4.78, 5) is 8.56. The van der Waals surface area contributed by atoms with E-state index in [1.807, 2.05) is 11.0 Å². The number of pyridine rings is 1. The van der Waals surface area contributed by atoms with Gasteiger partial charge in [-0.05, 0) is 31.3 Å². The predicted octanol–water partition coefficient (Wildman–Crippen LogP) is 3.27. The number of aromatic nitrogens is 6. The van der Waals surface area contributed by atoms with Crippen LogP contribution in [0.15, 0.2) is 47.1 Å². The van der Waals surface area contributed by atoms with Gasteiger partial charge in [0.1, 0.15) is 5.69 Å². The number of hydrogen-bond acceptors (Lipinski definition) is 8. The quantitative estimate of drug-likeness (QED) is 0.424. The van der Waals surface area contributed by atoms with Crippen LogP contribution in [0.1, 0.15) is 18.0 Å². The number of benzene rings is 1. The van der Waals surface area contributed by atoms with Crippen molar-refractivity contribution in [2.24, 2.45) is 0 Å². The molecule has 0 bridgehead atoms. The van der Waals surface area contributed by atoms with Gasteiger partial charge in [-0.25, -0.2) is 9.07 Å². The second-order valence-electron chi connectivity index (χ2n) is 8.01. The van der Waals surface area contributed by atoms with E-state index >= 15 is 4.39 Å². The van der Waals surface area contributed by atoms with Crippen LogP contribution in [0.4, 0.5) is 18.9 Å². The fourth-order valence-corrected chi connectivity index (χ4v) is 3.76. The molecule has 4 heterocycles.